The van der Waals surface area contributed by atoms with Gasteiger partial charge in [0.25, 0.3) is 0 Å². The van der Waals surface area contributed by atoms with Crippen LogP contribution in [-0.2, 0) is 6.42 Å². The third kappa shape index (κ3) is 6.50. The van der Waals surface area contributed by atoms with E-state index in [9.17, 15) is 0 Å². The summed E-state index contributed by atoms with van der Waals surface area (Å²) < 4.78 is 0. The number of aliphatic imine (C=N–C) groups is 1. The molecule has 2 rings (SSSR count). The van der Waals surface area contributed by atoms with Crippen LogP contribution in [0.4, 0.5) is 0 Å². The van der Waals surface area contributed by atoms with Crippen LogP contribution in [0.25, 0.3) is 0 Å². The number of hydrogen-bond acceptors (Lipinski definition) is 3. The molecule has 1 aromatic heterocycles. The molecule has 0 spiro atoms. The minimum absolute atomic E-state index is 0. The molecule has 2 atom stereocenters. The lowest BCUT2D eigenvalue weighted by Gasteiger charge is -2.28. The second-order valence-corrected chi connectivity index (χ2v) is 7.05. The monoisotopic (exact) mass is 422 g/mol. The van der Waals surface area contributed by atoms with E-state index in [0.29, 0.717) is 6.04 Å². The summed E-state index contributed by atoms with van der Waals surface area (Å²) in [6, 6.07) is 0.576. The Labute approximate surface area is 149 Å². The molecular weight excluding hydrogens is 395 g/mol. The lowest BCUT2D eigenvalue weighted by atomic mass is 9.87. The minimum atomic E-state index is 0. The van der Waals surface area contributed by atoms with Crippen molar-refractivity contribution >= 4 is 41.3 Å². The summed E-state index contributed by atoms with van der Waals surface area (Å²) in [5, 5.41) is 8.14. The van der Waals surface area contributed by atoms with E-state index in [0.717, 1.165) is 24.8 Å². The fourth-order valence-electron chi connectivity index (χ4n) is 2.76. The van der Waals surface area contributed by atoms with Crippen LogP contribution in [0.2, 0.25) is 0 Å². The lowest BCUT2D eigenvalue weighted by Crippen LogP contribution is -2.45. The Kier molecular flexibility index (Phi) is 8.55. The molecule has 21 heavy (non-hydrogen) atoms. The summed E-state index contributed by atoms with van der Waals surface area (Å²) in [5.41, 5.74) is 0. The third-order valence-electron chi connectivity index (χ3n) is 3.80. The predicted octanol–water partition coefficient (Wildman–Crippen LogP) is 3.36. The van der Waals surface area contributed by atoms with E-state index in [1.165, 1.54) is 35.6 Å². The van der Waals surface area contributed by atoms with Crippen LogP contribution in [0.5, 0.6) is 0 Å². The van der Waals surface area contributed by atoms with Gasteiger partial charge in [-0.05, 0) is 25.7 Å². The van der Waals surface area contributed by atoms with E-state index in [1.807, 2.05) is 13.2 Å². The van der Waals surface area contributed by atoms with Crippen LogP contribution in [0.3, 0.4) is 0 Å². The Bertz CT molecular complexity index is 447. The quantitative estimate of drug-likeness (QED) is 0.445. The maximum absolute atomic E-state index is 4.38. The molecule has 0 radical (unpaired) electrons. The lowest BCUT2D eigenvalue weighted by molar-refractivity contribution is 0.324. The molecule has 1 aliphatic rings. The zero-order chi connectivity index (χ0) is 14.4. The van der Waals surface area contributed by atoms with Crippen LogP contribution in [0, 0.1) is 12.8 Å². The Hall–Kier alpha value is -0.370. The molecule has 2 unspecified atom stereocenters. The van der Waals surface area contributed by atoms with Crippen LogP contribution in [0.1, 0.15) is 42.5 Å². The summed E-state index contributed by atoms with van der Waals surface area (Å²) in [6.07, 6.45) is 8.11. The predicted molar refractivity (Wildman–Crippen MR) is 102 cm³/mol. The first-order valence-electron chi connectivity index (χ1n) is 7.56. The molecular formula is C15H27IN4S. The van der Waals surface area contributed by atoms with Crippen molar-refractivity contribution < 1.29 is 0 Å². The SMILES string of the molecule is CN=C(NCCc1ncc(C)s1)NC1CCCC(C)C1.I. The maximum Gasteiger partial charge on any atom is 0.191 e. The van der Waals surface area contributed by atoms with Crippen molar-refractivity contribution in [1.82, 2.24) is 15.6 Å². The van der Waals surface area contributed by atoms with Crippen LogP contribution >= 0.6 is 35.3 Å². The number of nitrogens with zero attached hydrogens (tertiary/aromatic N) is 2. The average Bonchev–Trinajstić information content (AvgIpc) is 2.83. The van der Waals surface area contributed by atoms with Gasteiger partial charge in [0.15, 0.2) is 5.96 Å². The third-order valence-corrected chi connectivity index (χ3v) is 4.77. The van der Waals surface area contributed by atoms with Gasteiger partial charge >= 0.3 is 0 Å². The van der Waals surface area contributed by atoms with Crippen molar-refractivity contribution in [2.24, 2.45) is 10.9 Å². The van der Waals surface area contributed by atoms with Crippen LogP contribution in [0.15, 0.2) is 11.2 Å². The largest absolute Gasteiger partial charge is 0.356 e. The van der Waals surface area contributed by atoms with Gasteiger partial charge in [-0.15, -0.1) is 35.3 Å². The highest BCUT2D eigenvalue weighted by Gasteiger charge is 2.19. The van der Waals surface area contributed by atoms with Crippen molar-refractivity contribution in [2.45, 2.75) is 52.0 Å². The van der Waals surface area contributed by atoms with E-state index in [-0.39, 0.29) is 24.0 Å². The molecule has 6 heteroatoms. The Morgan fingerprint density at radius 3 is 2.90 bits per heavy atom. The van der Waals surface area contributed by atoms with Crippen molar-refractivity contribution in [1.29, 1.82) is 0 Å². The Morgan fingerprint density at radius 1 is 1.48 bits per heavy atom. The first kappa shape index (κ1) is 18.7. The Balaban J connectivity index is 0.00000220. The van der Waals surface area contributed by atoms with Crippen molar-refractivity contribution in [3.05, 3.63) is 16.1 Å². The summed E-state index contributed by atoms with van der Waals surface area (Å²) in [4.78, 5) is 9.98. The molecule has 1 aliphatic carbocycles. The normalized spacial score (nSPS) is 22.5. The van der Waals surface area contributed by atoms with Gasteiger partial charge in [-0.25, -0.2) is 4.98 Å². The first-order chi connectivity index (χ1) is 9.67. The fourth-order valence-corrected chi connectivity index (χ4v) is 3.54. The average molecular weight is 422 g/mol. The molecule has 1 saturated carbocycles. The first-order valence-corrected chi connectivity index (χ1v) is 8.37. The number of guanidine groups is 1. The number of aryl methyl sites for hydroxylation is 1. The van der Waals surface area contributed by atoms with Gasteiger partial charge in [0.2, 0.25) is 0 Å². The summed E-state index contributed by atoms with van der Waals surface area (Å²) >= 11 is 1.77. The number of hydrogen-bond donors (Lipinski definition) is 2. The zero-order valence-electron chi connectivity index (χ0n) is 13.2. The summed E-state index contributed by atoms with van der Waals surface area (Å²) in [7, 11) is 1.84. The summed E-state index contributed by atoms with van der Waals surface area (Å²) in [5.74, 6) is 1.76. The van der Waals surface area contributed by atoms with E-state index in [1.54, 1.807) is 11.3 Å². The molecule has 2 N–H and O–H groups in total. The van der Waals surface area contributed by atoms with Crippen LogP contribution in [-0.4, -0.2) is 30.6 Å². The molecule has 0 amide bonds. The number of thiazole rings is 1. The second kappa shape index (κ2) is 9.61. The zero-order valence-corrected chi connectivity index (χ0v) is 16.3. The van der Waals surface area contributed by atoms with E-state index < -0.39 is 0 Å². The molecule has 0 aliphatic heterocycles. The highest BCUT2D eigenvalue weighted by Crippen LogP contribution is 2.23. The van der Waals surface area contributed by atoms with Gasteiger partial charge in [-0.3, -0.25) is 4.99 Å². The molecule has 0 saturated heterocycles. The number of rotatable bonds is 4. The van der Waals surface area contributed by atoms with E-state index in [2.05, 4.69) is 34.5 Å². The van der Waals surface area contributed by atoms with Gasteiger partial charge in [-0.2, -0.15) is 0 Å². The van der Waals surface area contributed by atoms with Gasteiger partial charge in [0.05, 0.1) is 5.01 Å². The number of halogens is 1. The molecule has 1 heterocycles. The molecule has 1 aromatic rings. The standard InChI is InChI=1S/C15H26N4S.HI/c1-11-5-4-6-13(9-11)19-15(16-3)17-8-7-14-18-10-12(2)20-14;/h10-11,13H,4-9H2,1-3H3,(H2,16,17,19);1H. The highest BCUT2D eigenvalue weighted by molar-refractivity contribution is 14.0. The van der Waals surface area contributed by atoms with Crippen molar-refractivity contribution in [3.8, 4) is 0 Å². The van der Waals surface area contributed by atoms with Crippen LogP contribution < -0.4 is 10.6 Å². The summed E-state index contributed by atoms with van der Waals surface area (Å²) in [6.45, 7) is 5.32. The fraction of sp³-hybridized carbons (Fsp3) is 0.733. The topological polar surface area (TPSA) is 49.3 Å². The maximum atomic E-state index is 4.38. The molecule has 4 nitrogen and oxygen atoms in total. The van der Waals surface area contributed by atoms with Crippen molar-refractivity contribution in [3.63, 3.8) is 0 Å². The molecule has 0 aromatic carbocycles. The number of nitrogens with one attached hydrogen (secondary N) is 2. The molecule has 120 valence electrons. The second-order valence-electron chi connectivity index (χ2n) is 5.73. The van der Waals surface area contributed by atoms with Gasteiger partial charge < -0.3 is 10.6 Å². The molecule has 1 fully saturated rings. The van der Waals surface area contributed by atoms with E-state index in [4.69, 9.17) is 0 Å². The number of aromatic nitrogens is 1. The van der Waals surface area contributed by atoms with Gasteiger partial charge in [0.1, 0.15) is 0 Å². The smallest absolute Gasteiger partial charge is 0.191 e. The minimum Gasteiger partial charge on any atom is -0.356 e. The highest BCUT2D eigenvalue weighted by atomic mass is 127. The van der Waals surface area contributed by atoms with E-state index >= 15 is 0 Å². The van der Waals surface area contributed by atoms with Crippen molar-refractivity contribution in [2.75, 3.05) is 13.6 Å². The van der Waals surface area contributed by atoms with Gasteiger partial charge in [0, 0.05) is 37.1 Å². The van der Waals surface area contributed by atoms with Gasteiger partial charge in [-0.1, -0.05) is 19.8 Å². The molecule has 0 bridgehead atoms. The Morgan fingerprint density at radius 2 is 2.29 bits per heavy atom.